The predicted octanol–water partition coefficient (Wildman–Crippen LogP) is 22.2. The fraction of sp³-hybridized carbons (Fsp3) is 0.637. The highest BCUT2D eigenvalue weighted by atomic mass is 16.6. The van der Waals surface area contributed by atoms with Crippen molar-refractivity contribution < 1.29 is 77.7 Å². The molecule has 0 spiro atoms. The highest BCUT2D eigenvalue weighted by molar-refractivity contribution is 5.81. The average Bonchev–Trinajstić information content (AvgIpc) is 1.80. The first-order chi connectivity index (χ1) is 69.0. The predicted molar refractivity (Wildman–Crippen MR) is 613 cm³/mol. The van der Waals surface area contributed by atoms with Gasteiger partial charge in [-0.25, -0.2) is 59.6 Å². The highest BCUT2D eigenvalue weighted by Crippen LogP contribution is 2.18. The summed E-state index contributed by atoms with van der Waals surface area (Å²) in [7, 11) is 34.3. The highest BCUT2D eigenvalue weighted by Gasteiger charge is 2.29. The molecule has 145 heavy (non-hydrogen) atoms. The minimum absolute atomic E-state index is 0.349. The number of likely N-dealkylation sites (tertiary alicyclic amines) is 2. The largest absolute Gasteiger partial charge is 0.457 e. The molecule has 21 nitrogen and oxygen atoms in total. The molecule has 0 saturated carbocycles. The standard InChI is InChI=1S/C14H24N.C10H19N2.3C10H16N.C9H20N.C9H14N.C9H18N.C8H15N2.C8H16NO2.C8H18N.C7H13N2.C6H11N2.C6H14NO/c1-3-4-5-6-7-8-11-15-12-9-14(2)10-13-15;1-3-4-5-6-7-12-9-8-11(2)10-12;1-11(2,3)9-10-7-5-4-6-8-10;1-3-4-7-11-8-5-10(2)6-9-11;1-3-4-7-11-8-5-6-10(2)9-11;1-3-7-10(2)8-5-4-6-9-10;1-2-3-7-10-8-5-4-6-9-10;1-5-8-9-10(4,6-2)7-3;1-3-4-5-10-7-6-9(2)8-10;1-5-8(10)11-7-6-9(2,3)4;1-3-6-9(2)7-4-5-8-9;1-3-4-9-6-5-8(2)7-9;1-3-8-5-4-7(2)6-8;1-7(2,3)4-6-5-8-6/h9-10,12-13H,3-8,11H2,1-2H3;8-10H,3-7H2,1-2H3;4-8H,9H2,1-3H3;2*5-6,8-9H,3-4,7H2,1-2H3;3-9H2,1-2H3;4-6,8-9H,2-3,7H2,1H3;6-7H,2-3,5,8-9H2,1,4H3;6-8H,3-5H2,1-2H3;5H,1,6-7H2,2-4H3;3-8H2,1-2H3;5-7H,3-4H2,1-2H3;4-6H,3H2,1-2H3;6H,4-5H2,1-3H3/q14*+1. The Kier molecular flexibility index (Phi) is 81.9. The number of piperidine rings is 1. The molecule has 0 bridgehead atoms. The lowest BCUT2D eigenvalue weighted by Gasteiger charge is -2.37. The van der Waals surface area contributed by atoms with E-state index in [0.717, 1.165) is 90.0 Å². The third-order valence-corrected chi connectivity index (χ3v) is 24.9. The van der Waals surface area contributed by atoms with E-state index in [1.165, 1.54) is 269 Å². The fourth-order valence-corrected chi connectivity index (χ4v) is 15.8. The maximum absolute atomic E-state index is 10.6. The number of aryl methyl sites for hydroxylation is 15. The smallest absolute Gasteiger partial charge is 0.330 e. The lowest BCUT2D eigenvalue weighted by molar-refractivity contribution is -0.914. The van der Waals surface area contributed by atoms with Gasteiger partial charge in [-0.05, 0) is 129 Å². The van der Waals surface area contributed by atoms with Gasteiger partial charge >= 0.3 is 5.97 Å². The van der Waals surface area contributed by atoms with E-state index in [1.807, 2.05) is 71.5 Å². The number of aromatic nitrogens is 12. The average molecular weight is 2020 g/mol. The van der Waals surface area contributed by atoms with Crippen molar-refractivity contribution in [2.24, 2.45) is 28.2 Å². The van der Waals surface area contributed by atoms with Crippen LogP contribution in [0.3, 0.4) is 0 Å². The maximum atomic E-state index is 10.6. The Balaban J connectivity index is 0. The van der Waals surface area contributed by atoms with Gasteiger partial charge in [-0.1, -0.05) is 183 Å². The van der Waals surface area contributed by atoms with Crippen LogP contribution in [0.5, 0.6) is 0 Å². The lowest BCUT2D eigenvalue weighted by atomic mass is 10.1. The third-order valence-electron chi connectivity index (χ3n) is 24.9. The molecule has 0 N–H and O–H groups in total. The number of esters is 1. The van der Waals surface area contributed by atoms with Gasteiger partial charge in [0, 0.05) is 98.2 Å². The molecule has 1 atom stereocenters. The van der Waals surface area contributed by atoms with E-state index in [1.54, 1.807) is 0 Å². The van der Waals surface area contributed by atoms with Crippen LogP contribution in [0.4, 0.5) is 0 Å². The molecule has 11 heterocycles. The lowest BCUT2D eigenvalue weighted by Crippen LogP contribution is -2.48. The van der Waals surface area contributed by atoms with Crippen molar-refractivity contribution in [2.75, 3.05) is 157 Å². The summed E-state index contributed by atoms with van der Waals surface area (Å²) in [5.41, 5.74) is 5.41. The molecule has 21 heteroatoms. The first-order valence-corrected chi connectivity index (χ1v) is 56.6. The molecule has 8 aromatic heterocycles. The van der Waals surface area contributed by atoms with Gasteiger partial charge < -0.3 is 31.9 Å². The number of likely N-dealkylation sites (N-methyl/N-ethyl adjacent to an activating group) is 2. The summed E-state index contributed by atoms with van der Waals surface area (Å²) in [6.07, 6.45) is 85.1. The van der Waals surface area contributed by atoms with Crippen molar-refractivity contribution in [3.8, 4) is 0 Å². The Labute approximate surface area is 893 Å². The van der Waals surface area contributed by atoms with Gasteiger partial charge in [0.25, 0.3) is 0 Å². The Hall–Kier alpha value is -8.93. The van der Waals surface area contributed by atoms with Crippen LogP contribution < -0.4 is 36.5 Å². The molecule has 1 unspecified atom stereocenters. The molecule has 3 saturated heterocycles. The van der Waals surface area contributed by atoms with Gasteiger partial charge in [-0.3, -0.25) is 4.48 Å². The Morgan fingerprint density at radius 3 is 1.12 bits per heavy atom. The van der Waals surface area contributed by atoms with Crippen molar-refractivity contribution in [1.29, 1.82) is 0 Å². The van der Waals surface area contributed by atoms with Crippen LogP contribution in [-0.4, -0.2) is 214 Å². The number of carbonyl (C=O) groups excluding carboxylic acids is 1. The van der Waals surface area contributed by atoms with E-state index >= 15 is 0 Å². The number of pyridine rings is 4. The van der Waals surface area contributed by atoms with Crippen LogP contribution in [0.1, 0.15) is 278 Å². The number of hydrogen-bond donors (Lipinski definition) is 0. The van der Waals surface area contributed by atoms with E-state index in [0.29, 0.717) is 12.7 Å². The number of benzene rings is 1. The number of nitrogens with zero attached hydrogens (tertiary/aromatic N) is 18. The second kappa shape index (κ2) is 85.9. The molecule has 1 aromatic carbocycles. The van der Waals surface area contributed by atoms with Crippen LogP contribution in [0, 0.1) is 20.8 Å². The molecule has 3 aliphatic heterocycles. The zero-order chi connectivity index (χ0) is 109. The molecule has 0 radical (unpaired) electrons. The third kappa shape index (κ3) is 84.7. The van der Waals surface area contributed by atoms with E-state index < -0.39 is 0 Å². The Morgan fingerprint density at radius 2 is 0.766 bits per heavy atom. The first-order valence-electron chi connectivity index (χ1n) is 56.6. The van der Waals surface area contributed by atoms with E-state index in [2.05, 4.69) is 435 Å². The van der Waals surface area contributed by atoms with Crippen LogP contribution in [0.15, 0.2) is 248 Å². The summed E-state index contributed by atoms with van der Waals surface area (Å²) in [5, 5.41) is 0. The van der Waals surface area contributed by atoms with Gasteiger partial charge in [0.15, 0.2) is 49.6 Å². The topological polar surface area (TPSA) is 89.6 Å². The summed E-state index contributed by atoms with van der Waals surface area (Å²) < 4.78 is 42.1. The number of epoxide rings is 1. The maximum Gasteiger partial charge on any atom is 0.330 e. The number of carbonyl (C=O) groups is 1. The summed E-state index contributed by atoms with van der Waals surface area (Å²) in [5.74, 6) is -0.349. The number of imidazole rings is 4. The molecule has 0 aliphatic carbocycles. The quantitative estimate of drug-likeness (QED) is 0.00951. The van der Waals surface area contributed by atoms with Crippen LogP contribution in [0.25, 0.3) is 0 Å². The SMILES string of the molecule is C=CC(=O)OCC[N+](C)(C)C.C=C[N+](C)(C=C)CCCC.CCCCCCCC[n+]1ccc(C)cc1.CCCCCCn1cc[n+](C)c1.CCCC[n+]1ccc(C)cc1.CCCC[n+]1cccc(C)c1.CCCC[n+]1ccccc1.CCCCn1cc[n+](C)c1.CCC[N+]1(C)CCCC1.CCC[N+]1(C)CCCCC1.CCCn1cc[n+](C)c1.CCn1cc[n+](C)c1.C[N+](C)(C)CC1CO1.C[N+](C)(C)Cc1ccccc1. The summed E-state index contributed by atoms with van der Waals surface area (Å²) in [6.45, 7) is 64.8. The normalized spacial score (nSPS) is 13.2. The summed E-state index contributed by atoms with van der Waals surface area (Å²) in [6, 6.07) is 29.6. The summed E-state index contributed by atoms with van der Waals surface area (Å²) >= 11 is 0. The van der Waals surface area contributed by atoms with Crippen LogP contribution >= 0.6 is 0 Å². The zero-order valence-electron chi connectivity index (χ0n) is 99.8. The number of ether oxygens (including phenoxy) is 2. The number of rotatable bonds is 44. The monoisotopic (exact) mass is 2020 g/mol. The van der Waals surface area contributed by atoms with Gasteiger partial charge in [0.1, 0.15) is 108 Å². The van der Waals surface area contributed by atoms with Crippen molar-refractivity contribution in [2.45, 2.75) is 342 Å². The number of quaternary nitrogens is 6. The van der Waals surface area contributed by atoms with Crippen molar-refractivity contribution in [3.63, 3.8) is 0 Å². The van der Waals surface area contributed by atoms with Crippen molar-refractivity contribution in [1.82, 2.24) is 18.3 Å². The molecule has 820 valence electrons. The molecule has 0 amide bonds. The molecule has 9 aromatic rings. The minimum atomic E-state index is -0.349. The number of unbranched alkanes of at least 4 members (excludes halogenated alkanes) is 13. The number of hydrogen-bond acceptors (Lipinski definition) is 3. The van der Waals surface area contributed by atoms with Gasteiger partial charge in [-0.2, -0.15) is 0 Å². The van der Waals surface area contributed by atoms with Crippen molar-refractivity contribution >= 4 is 5.97 Å². The molecule has 12 rings (SSSR count). The van der Waals surface area contributed by atoms with E-state index in [9.17, 15) is 4.79 Å². The molecular formula is C124H230N18O3+14. The summed E-state index contributed by atoms with van der Waals surface area (Å²) in [4.78, 5) is 10.6. The van der Waals surface area contributed by atoms with Crippen LogP contribution in [0.2, 0.25) is 0 Å². The van der Waals surface area contributed by atoms with Crippen LogP contribution in [-0.2, 0) is 101 Å². The zero-order valence-corrected chi connectivity index (χ0v) is 99.8. The van der Waals surface area contributed by atoms with E-state index in [4.69, 9.17) is 9.47 Å². The van der Waals surface area contributed by atoms with Crippen molar-refractivity contribution in [3.05, 3.63) is 270 Å². The van der Waals surface area contributed by atoms with E-state index in [-0.39, 0.29) is 5.97 Å². The van der Waals surface area contributed by atoms with Gasteiger partial charge in [0.2, 0.25) is 25.3 Å². The molecular weight excluding hydrogens is 1790 g/mol. The fourth-order valence-electron chi connectivity index (χ4n) is 15.8. The van der Waals surface area contributed by atoms with Gasteiger partial charge in [-0.15, -0.1) is 0 Å². The Bertz CT molecular complexity index is 4440. The second-order valence-electron chi connectivity index (χ2n) is 43.9. The molecule has 3 fully saturated rings. The first kappa shape index (κ1) is 138. The minimum Gasteiger partial charge on any atom is -0.457 e. The molecule has 3 aliphatic rings. The Morgan fingerprint density at radius 1 is 0.386 bits per heavy atom. The second-order valence-corrected chi connectivity index (χ2v) is 43.9. The van der Waals surface area contributed by atoms with Gasteiger partial charge in [0.05, 0.1) is 204 Å².